The lowest BCUT2D eigenvalue weighted by Gasteiger charge is -2.57. The molecule has 4 aliphatic carbocycles. The highest BCUT2D eigenvalue weighted by Gasteiger charge is 2.51. The van der Waals surface area contributed by atoms with Crippen LogP contribution in [0.2, 0.25) is 0 Å². The van der Waals surface area contributed by atoms with Crippen LogP contribution < -0.4 is 0 Å². The average Bonchev–Trinajstić information content (AvgIpc) is 2.57. The van der Waals surface area contributed by atoms with Gasteiger partial charge < -0.3 is 9.64 Å². The maximum Gasteiger partial charge on any atom is 0.223 e. The standard InChI is InChI=1S/C21H30N2O2/c1-25-7-6-23(15-16-2-4-22-5-3-16)20(24)14-21-11-17-8-18(12-21)10-19(9-17)13-21/h2-5,17-19H,6-15H2,1H3. The first-order valence-corrected chi connectivity index (χ1v) is 9.81. The molecule has 25 heavy (non-hydrogen) atoms. The third-order valence-corrected chi connectivity index (χ3v) is 6.73. The lowest BCUT2D eigenvalue weighted by molar-refractivity contribution is -0.140. The van der Waals surface area contributed by atoms with Crippen LogP contribution in [-0.4, -0.2) is 36.1 Å². The zero-order valence-electron chi connectivity index (χ0n) is 15.3. The number of methoxy groups -OCH3 is 1. The third-order valence-electron chi connectivity index (χ3n) is 6.73. The molecule has 4 heteroatoms. The molecule has 0 unspecified atom stereocenters. The van der Waals surface area contributed by atoms with Gasteiger partial charge in [0.1, 0.15) is 0 Å². The van der Waals surface area contributed by atoms with Crippen molar-refractivity contribution in [2.75, 3.05) is 20.3 Å². The average molecular weight is 342 g/mol. The van der Waals surface area contributed by atoms with Gasteiger partial charge in [-0.05, 0) is 79.4 Å². The topological polar surface area (TPSA) is 42.4 Å². The van der Waals surface area contributed by atoms with Crippen molar-refractivity contribution in [2.24, 2.45) is 23.2 Å². The Kier molecular flexibility index (Phi) is 4.81. The molecule has 4 nitrogen and oxygen atoms in total. The summed E-state index contributed by atoms with van der Waals surface area (Å²) in [5, 5.41) is 0. The summed E-state index contributed by atoms with van der Waals surface area (Å²) in [7, 11) is 1.70. The highest BCUT2D eigenvalue weighted by atomic mass is 16.5. The van der Waals surface area contributed by atoms with E-state index < -0.39 is 0 Å². The maximum atomic E-state index is 13.2. The first kappa shape index (κ1) is 17.0. The van der Waals surface area contributed by atoms with Crippen molar-refractivity contribution in [1.82, 2.24) is 9.88 Å². The first-order valence-electron chi connectivity index (χ1n) is 9.81. The van der Waals surface area contributed by atoms with E-state index in [1.807, 2.05) is 17.0 Å². The number of ether oxygens (including phenoxy) is 1. The van der Waals surface area contributed by atoms with Gasteiger partial charge in [-0.15, -0.1) is 0 Å². The third kappa shape index (κ3) is 3.74. The number of pyridine rings is 1. The molecule has 1 aromatic heterocycles. The predicted molar refractivity (Wildman–Crippen MR) is 96.8 cm³/mol. The molecule has 1 aromatic rings. The smallest absolute Gasteiger partial charge is 0.223 e. The van der Waals surface area contributed by atoms with E-state index in [2.05, 4.69) is 4.98 Å². The van der Waals surface area contributed by atoms with Crippen molar-refractivity contribution >= 4 is 5.91 Å². The van der Waals surface area contributed by atoms with E-state index in [0.29, 0.717) is 31.0 Å². The molecule has 4 fully saturated rings. The van der Waals surface area contributed by atoms with Gasteiger partial charge in [-0.2, -0.15) is 0 Å². The first-order chi connectivity index (χ1) is 12.2. The summed E-state index contributed by atoms with van der Waals surface area (Å²) in [6.07, 6.45) is 12.5. The van der Waals surface area contributed by atoms with Crippen molar-refractivity contribution in [2.45, 2.75) is 51.5 Å². The van der Waals surface area contributed by atoms with Gasteiger partial charge in [0.05, 0.1) is 6.61 Å². The van der Waals surface area contributed by atoms with Crippen LogP contribution in [0.3, 0.4) is 0 Å². The van der Waals surface area contributed by atoms with Crippen LogP contribution in [0.1, 0.15) is 50.5 Å². The number of aromatic nitrogens is 1. The van der Waals surface area contributed by atoms with E-state index in [9.17, 15) is 4.79 Å². The summed E-state index contributed by atoms with van der Waals surface area (Å²) in [6.45, 7) is 1.93. The van der Waals surface area contributed by atoms with Gasteiger partial charge in [0, 0.05) is 39.0 Å². The molecular formula is C21H30N2O2. The predicted octanol–water partition coefficient (Wildman–Crippen LogP) is 3.66. The van der Waals surface area contributed by atoms with E-state index in [0.717, 1.165) is 29.7 Å². The summed E-state index contributed by atoms with van der Waals surface area (Å²) in [5.41, 5.74) is 1.44. The second-order valence-corrected chi connectivity index (χ2v) is 8.76. The molecule has 4 saturated carbocycles. The minimum absolute atomic E-state index is 0.301. The number of hydrogen-bond donors (Lipinski definition) is 0. The molecule has 0 radical (unpaired) electrons. The Morgan fingerprint density at radius 1 is 1.16 bits per heavy atom. The van der Waals surface area contributed by atoms with Crippen LogP contribution in [0.4, 0.5) is 0 Å². The fraction of sp³-hybridized carbons (Fsp3) is 0.714. The lowest BCUT2D eigenvalue weighted by Crippen LogP contribution is -2.48. The molecule has 136 valence electrons. The number of rotatable bonds is 7. The molecule has 4 aliphatic rings. The van der Waals surface area contributed by atoms with E-state index in [4.69, 9.17) is 4.74 Å². The second kappa shape index (κ2) is 7.06. The van der Waals surface area contributed by atoms with Crippen LogP contribution in [0.15, 0.2) is 24.5 Å². The number of hydrogen-bond acceptors (Lipinski definition) is 3. The second-order valence-electron chi connectivity index (χ2n) is 8.76. The molecule has 1 amide bonds. The number of carbonyl (C=O) groups is 1. The Labute approximate surface area is 151 Å². The summed E-state index contributed by atoms with van der Waals surface area (Å²) in [4.78, 5) is 19.3. The Bertz CT molecular complexity index is 566. The van der Waals surface area contributed by atoms with Gasteiger partial charge in [0.2, 0.25) is 5.91 Å². The molecule has 4 bridgehead atoms. The van der Waals surface area contributed by atoms with Gasteiger partial charge in [0.15, 0.2) is 0 Å². The van der Waals surface area contributed by atoms with Crippen molar-refractivity contribution < 1.29 is 9.53 Å². The Balaban J connectivity index is 1.45. The van der Waals surface area contributed by atoms with Crippen LogP contribution in [0.5, 0.6) is 0 Å². The van der Waals surface area contributed by atoms with Crippen molar-refractivity contribution in [3.8, 4) is 0 Å². The largest absolute Gasteiger partial charge is 0.383 e. The highest BCUT2D eigenvalue weighted by Crippen LogP contribution is 2.61. The quantitative estimate of drug-likeness (QED) is 0.759. The van der Waals surface area contributed by atoms with E-state index in [1.54, 1.807) is 19.5 Å². The van der Waals surface area contributed by atoms with Gasteiger partial charge in [0.25, 0.3) is 0 Å². The molecule has 0 aliphatic heterocycles. The molecule has 0 atom stereocenters. The normalized spacial score (nSPS) is 32.8. The highest BCUT2D eigenvalue weighted by molar-refractivity contribution is 5.77. The number of amides is 1. The minimum atomic E-state index is 0.301. The summed E-state index contributed by atoms with van der Waals surface area (Å²) in [6, 6.07) is 4.00. The molecule has 5 rings (SSSR count). The molecule has 0 saturated heterocycles. The lowest BCUT2D eigenvalue weighted by atomic mass is 9.49. The van der Waals surface area contributed by atoms with Gasteiger partial charge >= 0.3 is 0 Å². The Morgan fingerprint density at radius 3 is 2.32 bits per heavy atom. The molecule has 0 N–H and O–H groups in total. The van der Waals surface area contributed by atoms with Gasteiger partial charge in [-0.25, -0.2) is 0 Å². The van der Waals surface area contributed by atoms with E-state index in [1.165, 1.54) is 38.5 Å². The molecule has 0 spiro atoms. The van der Waals surface area contributed by atoms with Crippen LogP contribution in [0.25, 0.3) is 0 Å². The number of nitrogens with zero attached hydrogens (tertiary/aromatic N) is 2. The molecule has 0 aromatic carbocycles. The maximum absolute atomic E-state index is 13.2. The van der Waals surface area contributed by atoms with Crippen LogP contribution in [0, 0.1) is 23.2 Å². The zero-order valence-corrected chi connectivity index (χ0v) is 15.3. The van der Waals surface area contributed by atoms with Crippen LogP contribution in [-0.2, 0) is 16.1 Å². The van der Waals surface area contributed by atoms with Crippen molar-refractivity contribution in [3.63, 3.8) is 0 Å². The van der Waals surface area contributed by atoms with Crippen molar-refractivity contribution in [1.29, 1.82) is 0 Å². The fourth-order valence-corrected chi connectivity index (χ4v) is 6.14. The summed E-state index contributed by atoms with van der Waals surface area (Å²) >= 11 is 0. The van der Waals surface area contributed by atoms with Gasteiger partial charge in [-0.3, -0.25) is 9.78 Å². The van der Waals surface area contributed by atoms with E-state index >= 15 is 0 Å². The summed E-state index contributed by atoms with van der Waals surface area (Å²) < 4.78 is 5.25. The molecule has 1 heterocycles. The zero-order chi connectivity index (χ0) is 17.3. The fourth-order valence-electron chi connectivity index (χ4n) is 6.14. The van der Waals surface area contributed by atoms with Crippen LogP contribution >= 0.6 is 0 Å². The monoisotopic (exact) mass is 342 g/mol. The van der Waals surface area contributed by atoms with E-state index in [-0.39, 0.29) is 0 Å². The Morgan fingerprint density at radius 2 is 1.76 bits per heavy atom. The SMILES string of the molecule is COCCN(Cc1ccncc1)C(=O)CC12CC3CC(CC(C3)C1)C2. The molecular weight excluding hydrogens is 312 g/mol. The summed E-state index contributed by atoms with van der Waals surface area (Å²) in [5.74, 6) is 3.00. The van der Waals surface area contributed by atoms with Gasteiger partial charge in [-0.1, -0.05) is 0 Å². The minimum Gasteiger partial charge on any atom is -0.383 e. The Hall–Kier alpha value is -1.42. The number of carbonyl (C=O) groups excluding carboxylic acids is 1. The van der Waals surface area contributed by atoms with Crippen molar-refractivity contribution in [3.05, 3.63) is 30.1 Å².